The van der Waals surface area contributed by atoms with E-state index in [-0.39, 0.29) is 12.4 Å². The number of hydrogen-bond donors (Lipinski definition) is 1. The molecule has 0 atom stereocenters. The van der Waals surface area contributed by atoms with Gasteiger partial charge < -0.3 is 14.8 Å². The van der Waals surface area contributed by atoms with Gasteiger partial charge in [-0.1, -0.05) is 0 Å². The van der Waals surface area contributed by atoms with Crippen molar-refractivity contribution in [1.29, 1.82) is 0 Å². The van der Waals surface area contributed by atoms with E-state index in [0.717, 1.165) is 5.92 Å². The van der Waals surface area contributed by atoms with Crippen LogP contribution < -0.4 is 5.32 Å². The van der Waals surface area contributed by atoms with Gasteiger partial charge in [0.25, 0.3) is 0 Å². The molecule has 0 unspecified atom stereocenters. The Labute approximate surface area is 146 Å². The zero-order valence-corrected chi connectivity index (χ0v) is 15.0. The fourth-order valence-electron chi connectivity index (χ4n) is 4.59. The molecule has 0 aliphatic carbocycles. The van der Waals surface area contributed by atoms with Crippen molar-refractivity contribution in [2.45, 2.75) is 57.4 Å². The number of piperidine rings is 2. The fourth-order valence-corrected chi connectivity index (χ4v) is 4.59. The summed E-state index contributed by atoms with van der Waals surface area (Å²) in [5.74, 6) is 3.03. The number of imidazole rings is 1. The van der Waals surface area contributed by atoms with Crippen LogP contribution in [0.25, 0.3) is 0 Å². The van der Waals surface area contributed by atoms with Crippen LogP contribution in [-0.4, -0.2) is 47.2 Å². The standard InChI is InChI=1S/C18H30N4.ClH/c1-2-10-22-17(3-1)13-20-18(22)16-6-11-21(12-7-16)14-15-4-8-19-9-5-15;/h13,15-16,19H,1-12,14H2;1H. The van der Waals surface area contributed by atoms with Crippen LogP contribution in [0.3, 0.4) is 0 Å². The van der Waals surface area contributed by atoms with E-state index < -0.39 is 0 Å². The number of aryl methyl sites for hydroxylation is 1. The SMILES string of the molecule is Cl.c1nc(C2CCN(CC3CCNCC3)CC2)n2c1CCCC2. The number of likely N-dealkylation sites (tertiary alicyclic amines) is 1. The van der Waals surface area contributed by atoms with E-state index in [1.807, 2.05) is 0 Å². The summed E-state index contributed by atoms with van der Waals surface area (Å²) in [6.07, 6.45) is 11.4. The minimum Gasteiger partial charge on any atom is -0.332 e. The molecule has 23 heavy (non-hydrogen) atoms. The Bertz CT molecular complexity index is 487. The number of halogens is 1. The Balaban J connectivity index is 0.00000156. The summed E-state index contributed by atoms with van der Waals surface area (Å²) in [5, 5.41) is 3.48. The van der Waals surface area contributed by atoms with Crippen LogP contribution in [-0.2, 0) is 13.0 Å². The fraction of sp³-hybridized carbons (Fsp3) is 0.833. The summed E-state index contributed by atoms with van der Waals surface area (Å²) in [7, 11) is 0. The number of aromatic nitrogens is 2. The molecular weight excluding hydrogens is 308 g/mol. The van der Waals surface area contributed by atoms with Gasteiger partial charge in [0.2, 0.25) is 0 Å². The zero-order valence-electron chi connectivity index (χ0n) is 14.2. The van der Waals surface area contributed by atoms with Gasteiger partial charge in [-0.15, -0.1) is 12.4 Å². The van der Waals surface area contributed by atoms with Crippen LogP contribution >= 0.6 is 12.4 Å². The Morgan fingerprint density at radius 3 is 2.61 bits per heavy atom. The van der Waals surface area contributed by atoms with E-state index in [1.165, 1.54) is 95.7 Å². The molecule has 2 fully saturated rings. The van der Waals surface area contributed by atoms with Crippen molar-refractivity contribution in [3.05, 3.63) is 17.7 Å². The topological polar surface area (TPSA) is 33.1 Å². The maximum atomic E-state index is 4.80. The Morgan fingerprint density at radius 1 is 1.04 bits per heavy atom. The van der Waals surface area contributed by atoms with Crippen molar-refractivity contribution in [1.82, 2.24) is 19.8 Å². The van der Waals surface area contributed by atoms with Crippen LogP contribution in [0.5, 0.6) is 0 Å². The van der Waals surface area contributed by atoms with Crippen LogP contribution in [0.1, 0.15) is 56.0 Å². The van der Waals surface area contributed by atoms with Crippen molar-refractivity contribution in [3.8, 4) is 0 Å². The molecule has 0 spiro atoms. The Morgan fingerprint density at radius 2 is 1.83 bits per heavy atom. The molecule has 2 saturated heterocycles. The summed E-state index contributed by atoms with van der Waals surface area (Å²) in [6, 6.07) is 0. The van der Waals surface area contributed by atoms with Gasteiger partial charge in [0, 0.05) is 30.9 Å². The predicted octanol–water partition coefficient (Wildman–Crippen LogP) is 2.82. The third kappa shape index (κ3) is 3.92. The highest BCUT2D eigenvalue weighted by Gasteiger charge is 2.27. The number of rotatable bonds is 3. The highest BCUT2D eigenvalue weighted by Crippen LogP contribution is 2.30. The number of nitrogens with one attached hydrogen (secondary N) is 1. The quantitative estimate of drug-likeness (QED) is 0.920. The number of nitrogens with zero attached hydrogens (tertiary/aromatic N) is 3. The average molecular weight is 339 g/mol. The molecule has 130 valence electrons. The second-order valence-corrected chi connectivity index (χ2v) is 7.48. The van der Waals surface area contributed by atoms with Gasteiger partial charge in [0.05, 0.1) is 0 Å². The minimum absolute atomic E-state index is 0. The lowest BCUT2D eigenvalue weighted by molar-refractivity contribution is 0.164. The lowest BCUT2D eigenvalue weighted by Crippen LogP contribution is -2.40. The molecular formula is C18H31ClN4. The first kappa shape index (κ1) is 17.2. The number of hydrogen-bond acceptors (Lipinski definition) is 3. The van der Waals surface area contributed by atoms with Crippen molar-refractivity contribution >= 4 is 12.4 Å². The van der Waals surface area contributed by atoms with Gasteiger partial charge in [-0.2, -0.15) is 0 Å². The van der Waals surface area contributed by atoms with E-state index in [0.29, 0.717) is 5.92 Å². The second kappa shape index (κ2) is 8.00. The summed E-state index contributed by atoms with van der Waals surface area (Å²) < 4.78 is 2.54. The Hall–Kier alpha value is -0.580. The molecule has 0 saturated carbocycles. The largest absolute Gasteiger partial charge is 0.332 e. The van der Waals surface area contributed by atoms with E-state index in [4.69, 9.17) is 4.98 Å². The monoisotopic (exact) mass is 338 g/mol. The molecule has 3 aliphatic heterocycles. The van der Waals surface area contributed by atoms with E-state index in [9.17, 15) is 0 Å². The smallest absolute Gasteiger partial charge is 0.112 e. The summed E-state index contributed by atoms with van der Waals surface area (Å²) in [6.45, 7) is 7.53. The average Bonchev–Trinajstić information content (AvgIpc) is 3.01. The molecule has 3 aliphatic rings. The molecule has 0 amide bonds. The first-order valence-corrected chi connectivity index (χ1v) is 9.37. The van der Waals surface area contributed by atoms with Gasteiger partial charge in [-0.3, -0.25) is 0 Å². The van der Waals surface area contributed by atoms with Gasteiger partial charge in [0.1, 0.15) is 5.82 Å². The first-order valence-electron chi connectivity index (χ1n) is 9.37. The summed E-state index contributed by atoms with van der Waals surface area (Å²) >= 11 is 0. The Kier molecular flexibility index (Phi) is 6.00. The molecule has 1 N–H and O–H groups in total. The van der Waals surface area contributed by atoms with E-state index in [1.54, 1.807) is 0 Å². The third-order valence-electron chi connectivity index (χ3n) is 5.96. The van der Waals surface area contributed by atoms with Crippen LogP contribution in [0.4, 0.5) is 0 Å². The molecule has 0 radical (unpaired) electrons. The van der Waals surface area contributed by atoms with Crippen molar-refractivity contribution < 1.29 is 0 Å². The van der Waals surface area contributed by atoms with Crippen LogP contribution in [0.15, 0.2) is 6.20 Å². The zero-order chi connectivity index (χ0) is 14.8. The number of fused-ring (bicyclic) bond motifs is 1. The summed E-state index contributed by atoms with van der Waals surface area (Å²) in [4.78, 5) is 7.51. The van der Waals surface area contributed by atoms with Crippen molar-refractivity contribution in [2.24, 2.45) is 5.92 Å². The maximum Gasteiger partial charge on any atom is 0.112 e. The van der Waals surface area contributed by atoms with Crippen molar-refractivity contribution in [2.75, 3.05) is 32.7 Å². The molecule has 0 bridgehead atoms. The minimum atomic E-state index is 0. The van der Waals surface area contributed by atoms with Gasteiger partial charge >= 0.3 is 0 Å². The molecule has 1 aromatic rings. The maximum absolute atomic E-state index is 4.80. The van der Waals surface area contributed by atoms with Gasteiger partial charge in [0.15, 0.2) is 0 Å². The molecule has 0 aromatic carbocycles. The second-order valence-electron chi connectivity index (χ2n) is 7.48. The highest BCUT2D eigenvalue weighted by molar-refractivity contribution is 5.85. The lowest BCUT2D eigenvalue weighted by Gasteiger charge is -2.35. The van der Waals surface area contributed by atoms with Crippen molar-refractivity contribution in [3.63, 3.8) is 0 Å². The normalized spacial score (nSPS) is 24.2. The van der Waals surface area contributed by atoms with Gasteiger partial charge in [-0.25, -0.2) is 4.98 Å². The first-order chi connectivity index (χ1) is 10.9. The van der Waals surface area contributed by atoms with Crippen LogP contribution in [0, 0.1) is 5.92 Å². The third-order valence-corrected chi connectivity index (χ3v) is 5.96. The molecule has 4 nitrogen and oxygen atoms in total. The van der Waals surface area contributed by atoms with E-state index in [2.05, 4.69) is 21.0 Å². The molecule has 5 heteroatoms. The predicted molar refractivity (Wildman–Crippen MR) is 96.4 cm³/mol. The van der Waals surface area contributed by atoms with E-state index >= 15 is 0 Å². The summed E-state index contributed by atoms with van der Waals surface area (Å²) in [5.41, 5.74) is 1.48. The lowest BCUT2D eigenvalue weighted by atomic mass is 9.92. The highest BCUT2D eigenvalue weighted by atomic mass is 35.5. The molecule has 4 rings (SSSR count). The van der Waals surface area contributed by atoms with Gasteiger partial charge in [-0.05, 0) is 77.0 Å². The molecule has 4 heterocycles. The van der Waals surface area contributed by atoms with Crippen LogP contribution in [0.2, 0.25) is 0 Å². The molecule has 1 aromatic heterocycles.